The standard InChI is InChI=1S/C17H23N3O5S/c1-26(24,25)13-12-19-10-8-15(9-11-19)18-17(21)7-4-14-2-5-16(6-3-14)20(22)23/h2-7,15H,8-13H2,1H3,(H,18,21)/b7-4+. The van der Waals surface area contributed by atoms with Crippen LogP contribution in [0, 0.1) is 10.1 Å². The quantitative estimate of drug-likeness (QED) is 0.432. The van der Waals surface area contributed by atoms with Crippen LogP contribution in [0.3, 0.4) is 0 Å². The monoisotopic (exact) mass is 381 g/mol. The Labute approximate surface area is 152 Å². The van der Waals surface area contributed by atoms with Crippen molar-refractivity contribution in [3.63, 3.8) is 0 Å². The summed E-state index contributed by atoms with van der Waals surface area (Å²) in [6.07, 6.45) is 5.82. The Bertz CT molecular complexity index is 766. The number of amides is 1. The van der Waals surface area contributed by atoms with E-state index >= 15 is 0 Å². The second-order valence-electron chi connectivity index (χ2n) is 6.44. The number of carbonyl (C=O) groups is 1. The molecule has 0 unspecified atom stereocenters. The van der Waals surface area contributed by atoms with Crippen molar-refractivity contribution in [2.24, 2.45) is 0 Å². The number of non-ortho nitro benzene ring substituents is 1. The summed E-state index contributed by atoms with van der Waals surface area (Å²) in [5.74, 6) is -0.0555. The molecule has 26 heavy (non-hydrogen) atoms. The van der Waals surface area contributed by atoms with Crippen LogP contribution < -0.4 is 5.32 Å². The number of likely N-dealkylation sites (tertiary alicyclic amines) is 1. The van der Waals surface area contributed by atoms with Gasteiger partial charge in [-0.3, -0.25) is 14.9 Å². The fourth-order valence-corrected chi connectivity index (χ4v) is 3.31. The normalized spacial score (nSPS) is 16.7. The smallest absolute Gasteiger partial charge is 0.269 e. The number of piperidine rings is 1. The first-order valence-electron chi connectivity index (χ1n) is 8.36. The highest BCUT2D eigenvalue weighted by Gasteiger charge is 2.20. The molecule has 1 aliphatic rings. The molecule has 1 heterocycles. The molecule has 0 saturated carbocycles. The van der Waals surface area contributed by atoms with Gasteiger partial charge >= 0.3 is 0 Å². The molecular weight excluding hydrogens is 358 g/mol. The number of nitro benzene ring substituents is 1. The number of rotatable bonds is 7. The van der Waals surface area contributed by atoms with Gasteiger partial charge in [0, 0.05) is 50.1 Å². The van der Waals surface area contributed by atoms with E-state index in [1.807, 2.05) is 0 Å². The van der Waals surface area contributed by atoms with E-state index in [-0.39, 0.29) is 23.4 Å². The molecule has 0 spiro atoms. The second kappa shape index (κ2) is 8.91. The van der Waals surface area contributed by atoms with Crippen molar-refractivity contribution in [2.45, 2.75) is 18.9 Å². The lowest BCUT2D eigenvalue weighted by Crippen LogP contribution is -2.45. The third-order valence-electron chi connectivity index (χ3n) is 4.24. The minimum atomic E-state index is -2.96. The van der Waals surface area contributed by atoms with Gasteiger partial charge in [-0.1, -0.05) is 0 Å². The highest BCUT2D eigenvalue weighted by molar-refractivity contribution is 7.90. The molecule has 9 heteroatoms. The minimum Gasteiger partial charge on any atom is -0.350 e. The van der Waals surface area contributed by atoms with Crippen molar-refractivity contribution < 1.29 is 18.1 Å². The highest BCUT2D eigenvalue weighted by atomic mass is 32.2. The number of hydrogen-bond donors (Lipinski definition) is 1. The molecule has 1 aliphatic heterocycles. The molecule has 0 aliphatic carbocycles. The molecule has 0 aromatic heterocycles. The average molecular weight is 381 g/mol. The fourth-order valence-electron chi connectivity index (χ4n) is 2.72. The van der Waals surface area contributed by atoms with E-state index in [1.54, 1.807) is 18.2 Å². The van der Waals surface area contributed by atoms with E-state index in [4.69, 9.17) is 0 Å². The van der Waals surface area contributed by atoms with Crippen molar-refractivity contribution >= 4 is 27.5 Å². The van der Waals surface area contributed by atoms with Crippen LogP contribution in [-0.2, 0) is 14.6 Å². The highest BCUT2D eigenvalue weighted by Crippen LogP contribution is 2.13. The molecule has 1 N–H and O–H groups in total. The van der Waals surface area contributed by atoms with Crippen molar-refractivity contribution in [1.29, 1.82) is 0 Å². The average Bonchev–Trinajstić information content (AvgIpc) is 2.59. The predicted octanol–water partition coefficient (Wildman–Crippen LogP) is 1.23. The molecule has 1 amide bonds. The Morgan fingerprint density at radius 3 is 2.46 bits per heavy atom. The van der Waals surface area contributed by atoms with Crippen molar-refractivity contribution in [2.75, 3.05) is 31.6 Å². The number of nitrogens with zero attached hydrogens (tertiary/aromatic N) is 2. The minimum absolute atomic E-state index is 0.00855. The first kappa shape index (κ1) is 20.1. The van der Waals surface area contributed by atoms with Gasteiger partial charge in [-0.2, -0.15) is 0 Å². The first-order chi connectivity index (χ1) is 12.2. The Hall–Kier alpha value is -2.26. The molecule has 1 aromatic rings. The lowest BCUT2D eigenvalue weighted by Gasteiger charge is -2.31. The zero-order valence-electron chi connectivity index (χ0n) is 14.6. The van der Waals surface area contributed by atoms with E-state index in [0.717, 1.165) is 25.9 Å². The fraction of sp³-hybridized carbons (Fsp3) is 0.471. The van der Waals surface area contributed by atoms with Crippen LogP contribution in [0.4, 0.5) is 5.69 Å². The van der Waals surface area contributed by atoms with Crippen molar-refractivity contribution in [1.82, 2.24) is 10.2 Å². The van der Waals surface area contributed by atoms with Gasteiger partial charge in [0.25, 0.3) is 5.69 Å². The lowest BCUT2D eigenvalue weighted by molar-refractivity contribution is -0.384. The third-order valence-corrected chi connectivity index (χ3v) is 5.17. The summed E-state index contributed by atoms with van der Waals surface area (Å²) in [6, 6.07) is 6.02. The van der Waals surface area contributed by atoms with Crippen LogP contribution in [-0.4, -0.2) is 61.8 Å². The van der Waals surface area contributed by atoms with Crippen LogP contribution in [0.15, 0.2) is 30.3 Å². The van der Waals surface area contributed by atoms with Gasteiger partial charge in [-0.25, -0.2) is 8.42 Å². The van der Waals surface area contributed by atoms with E-state index in [2.05, 4.69) is 10.2 Å². The molecule has 0 bridgehead atoms. The van der Waals surface area contributed by atoms with Crippen molar-refractivity contribution in [3.05, 3.63) is 46.0 Å². The maximum absolute atomic E-state index is 12.0. The summed E-state index contributed by atoms with van der Waals surface area (Å²) in [7, 11) is -2.96. The molecule has 1 aromatic carbocycles. The number of nitrogens with one attached hydrogen (secondary N) is 1. The Kier molecular flexibility index (Phi) is 6.87. The Morgan fingerprint density at radius 2 is 1.92 bits per heavy atom. The number of nitro groups is 1. The second-order valence-corrected chi connectivity index (χ2v) is 8.70. The lowest BCUT2D eigenvalue weighted by atomic mass is 10.1. The summed E-state index contributed by atoms with van der Waals surface area (Å²) in [5, 5.41) is 13.5. The SMILES string of the molecule is CS(=O)(=O)CCN1CCC(NC(=O)/C=C/c2ccc([N+](=O)[O-])cc2)CC1. The summed E-state index contributed by atoms with van der Waals surface area (Å²) in [5.41, 5.74) is 0.718. The van der Waals surface area contributed by atoms with Gasteiger partial charge in [0.05, 0.1) is 10.7 Å². The Balaban J connectivity index is 1.75. The molecule has 1 saturated heterocycles. The molecular formula is C17H23N3O5S. The van der Waals surface area contributed by atoms with Gasteiger partial charge in [-0.15, -0.1) is 0 Å². The van der Waals surface area contributed by atoms with Gasteiger partial charge in [0.15, 0.2) is 0 Å². The largest absolute Gasteiger partial charge is 0.350 e. The number of hydrogen-bond acceptors (Lipinski definition) is 6. The number of sulfone groups is 1. The van der Waals surface area contributed by atoms with Crippen LogP contribution in [0.25, 0.3) is 6.08 Å². The summed E-state index contributed by atoms with van der Waals surface area (Å²) in [4.78, 5) is 24.2. The molecule has 2 rings (SSSR count). The predicted molar refractivity (Wildman–Crippen MR) is 99.4 cm³/mol. The molecule has 0 atom stereocenters. The van der Waals surface area contributed by atoms with Gasteiger partial charge in [0.1, 0.15) is 9.84 Å². The van der Waals surface area contributed by atoms with E-state index in [0.29, 0.717) is 12.1 Å². The van der Waals surface area contributed by atoms with E-state index in [9.17, 15) is 23.3 Å². The van der Waals surface area contributed by atoms with Crippen molar-refractivity contribution in [3.8, 4) is 0 Å². The summed E-state index contributed by atoms with van der Waals surface area (Å²) >= 11 is 0. The molecule has 8 nitrogen and oxygen atoms in total. The van der Waals surface area contributed by atoms with Crippen LogP contribution in [0.1, 0.15) is 18.4 Å². The topological polar surface area (TPSA) is 110 Å². The Morgan fingerprint density at radius 1 is 1.31 bits per heavy atom. The van der Waals surface area contributed by atoms with Gasteiger partial charge in [0.2, 0.25) is 5.91 Å². The van der Waals surface area contributed by atoms with Crippen LogP contribution in [0.5, 0.6) is 0 Å². The van der Waals surface area contributed by atoms with Gasteiger partial charge < -0.3 is 10.2 Å². The summed E-state index contributed by atoms with van der Waals surface area (Å²) < 4.78 is 22.4. The van der Waals surface area contributed by atoms with Crippen LogP contribution >= 0.6 is 0 Å². The number of benzene rings is 1. The van der Waals surface area contributed by atoms with E-state index < -0.39 is 14.8 Å². The molecule has 0 radical (unpaired) electrons. The first-order valence-corrected chi connectivity index (χ1v) is 10.4. The zero-order chi connectivity index (χ0) is 19.2. The third kappa shape index (κ3) is 6.93. The van der Waals surface area contributed by atoms with Crippen LogP contribution in [0.2, 0.25) is 0 Å². The maximum atomic E-state index is 12.0. The zero-order valence-corrected chi connectivity index (χ0v) is 15.4. The molecule has 1 fully saturated rings. The summed E-state index contributed by atoms with van der Waals surface area (Å²) in [6.45, 7) is 2.04. The maximum Gasteiger partial charge on any atom is 0.269 e. The molecule has 142 valence electrons. The van der Waals surface area contributed by atoms with E-state index in [1.165, 1.54) is 24.5 Å². The van der Waals surface area contributed by atoms with Gasteiger partial charge in [-0.05, 0) is 36.6 Å². The number of carbonyl (C=O) groups excluding carboxylic acids is 1.